The monoisotopic (exact) mass is 403 g/mol. The summed E-state index contributed by atoms with van der Waals surface area (Å²) >= 11 is 0. The Labute approximate surface area is 170 Å². The van der Waals surface area contributed by atoms with Gasteiger partial charge in [0.1, 0.15) is 11.5 Å². The highest BCUT2D eigenvalue weighted by molar-refractivity contribution is 6.04. The fraction of sp³-hybridized carbons (Fsp3) is 0.0435. The number of ether oxygens (including phenoxy) is 1. The first kappa shape index (κ1) is 19.2. The number of pyridine rings is 1. The zero-order valence-electron chi connectivity index (χ0n) is 15.8. The summed E-state index contributed by atoms with van der Waals surface area (Å²) in [7, 11) is 1.33. The summed E-state index contributed by atoms with van der Waals surface area (Å²) in [4.78, 5) is 18.9. The van der Waals surface area contributed by atoms with Gasteiger partial charge in [0, 0.05) is 46.2 Å². The van der Waals surface area contributed by atoms with E-state index >= 15 is 0 Å². The van der Waals surface area contributed by atoms with Crippen LogP contribution in [-0.2, 0) is 4.79 Å². The van der Waals surface area contributed by atoms with Gasteiger partial charge in [-0.3, -0.25) is 4.79 Å². The van der Waals surface area contributed by atoms with Crippen LogP contribution < -0.4 is 10.1 Å². The molecule has 0 bridgehead atoms. The zero-order chi connectivity index (χ0) is 21.3. The van der Waals surface area contributed by atoms with Crippen LogP contribution in [0.15, 0.2) is 54.9 Å². The number of methoxy groups -OCH3 is 1. The van der Waals surface area contributed by atoms with Gasteiger partial charge in [0.15, 0.2) is 11.6 Å². The second-order valence-electron chi connectivity index (χ2n) is 6.47. The molecule has 1 amide bonds. The van der Waals surface area contributed by atoms with Crippen molar-refractivity contribution in [2.45, 2.75) is 0 Å². The molecule has 30 heavy (non-hydrogen) atoms. The van der Waals surface area contributed by atoms with Crippen molar-refractivity contribution in [2.24, 2.45) is 0 Å². The van der Waals surface area contributed by atoms with E-state index in [-0.39, 0.29) is 11.3 Å². The third-order valence-corrected chi connectivity index (χ3v) is 4.62. The quantitative estimate of drug-likeness (QED) is 0.483. The number of anilines is 1. The molecule has 148 valence electrons. The number of halogens is 2. The van der Waals surface area contributed by atoms with E-state index in [1.807, 2.05) is 18.1 Å². The van der Waals surface area contributed by atoms with Crippen molar-refractivity contribution in [3.63, 3.8) is 0 Å². The fourth-order valence-electron chi connectivity index (χ4n) is 3.30. The Bertz CT molecular complexity index is 1320. The molecule has 2 heterocycles. The first-order valence-electron chi connectivity index (χ1n) is 8.88. The number of terminal acetylenes is 1. The standard InChI is InChI=1S/C23H15F2N3O2/c1-3-21(29)28-16-6-4-5-13(7-16)14-8-18-19(12-27-23(18)26-11-14)17-9-15(24)10-20(25)22(17)30-2/h1,4-12H,2H3,(H,26,27)(H,28,29). The second-order valence-corrected chi connectivity index (χ2v) is 6.47. The van der Waals surface area contributed by atoms with Crippen molar-refractivity contribution in [1.82, 2.24) is 9.97 Å². The second kappa shape index (κ2) is 7.68. The van der Waals surface area contributed by atoms with Crippen molar-refractivity contribution in [3.8, 4) is 40.3 Å². The largest absolute Gasteiger partial charge is 0.493 e. The first-order chi connectivity index (χ1) is 14.5. The molecule has 0 radical (unpaired) electrons. The molecule has 0 aliphatic carbocycles. The normalized spacial score (nSPS) is 10.6. The number of H-pyrrole nitrogens is 1. The maximum atomic E-state index is 14.2. The van der Waals surface area contributed by atoms with Crippen molar-refractivity contribution >= 4 is 22.6 Å². The molecule has 4 aromatic rings. The Morgan fingerprint density at radius 1 is 1.17 bits per heavy atom. The average molecular weight is 403 g/mol. The summed E-state index contributed by atoms with van der Waals surface area (Å²) in [6, 6.07) is 10.9. The maximum Gasteiger partial charge on any atom is 0.300 e. The number of carbonyl (C=O) groups is 1. The van der Waals surface area contributed by atoms with Gasteiger partial charge in [-0.05, 0) is 35.7 Å². The van der Waals surface area contributed by atoms with Crippen LogP contribution in [0.4, 0.5) is 14.5 Å². The molecule has 2 aromatic heterocycles. The third kappa shape index (κ3) is 3.47. The SMILES string of the molecule is C#CC(=O)Nc1cccc(-c2cnc3[nH]cc(-c4cc(F)cc(F)c4OC)c3c2)c1. The van der Waals surface area contributed by atoms with Gasteiger partial charge in [0.2, 0.25) is 0 Å². The summed E-state index contributed by atoms with van der Waals surface area (Å²) in [5, 5.41) is 3.26. The molecule has 0 aliphatic rings. The van der Waals surface area contributed by atoms with Crippen molar-refractivity contribution in [2.75, 3.05) is 12.4 Å². The van der Waals surface area contributed by atoms with E-state index in [0.717, 1.165) is 17.2 Å². The highest BCUT2D eigenvalue weighted by Gasteiger charge is 2.18. The van der Waals surface area contributed by atoms with Gasteiger partial charge >= 0.3 is 0 Å². The van der Waals surface area contributed by atoms with Crippen molar-refractivity contribution < 1.29 is 18.3 Å². The van der Waals surface area contributed by atoms with Gasteiger partial charge in [-0.25, -0.2) is 13.8 Å². The number of fused-ring (bicyclic) bond motifs is 1. The van der Waals surface area contributed by atoms with E-state index in [4.69, 9.17) is 11.2 Å². The molecule has 5 nitrogen and oxygen atoms in total. The molecular weight excluding hydrogens is 388 g/mol. The zero-order valence-corrected chi connectivity index (χ0v) is 15.8. The molecule has 0 saturated heterocycles. The number of hydrogen-bond acceptors (Lipinski definition) is 3. The Balaban J connectivity index is 1.83. The molecule has 4 rings (SSSR count). The Kier molecular flexibility index (Phi) is 4.90. The molecule has 2 aromatic carbocycles. The summed E-state index contributed by atoms with van der Waals surface area (Å²) < 4.78 is 33.2. The Morgan fingerprint density at radius 2 is 2.00 bits per heavy atom. The fourth-order valence-corrected chi connectivity index (χ4v) is 3.30. The minimum Gasteiger partial charge on any atom is -0.493 e. The topological polar surface area (TPSA) is 67.0 Å². The van der Waals surface area contributed by atoms with Crippen LogP contribution >= 0.6 is 0 Å². The third-order valence-electron chi connectivity index (χ3n) is 4.62. The van der Waals surface area contributed by atoms with Crippen molar-refractivity contribution in [1.29, 1.82) is 0 Å². The van der Waals surface area contributed by atoms with Crippen LogP contribution in [0.5, 0.6) is 5.75 Å². The molecule has 0 unspecified atom stereocenters. The molecule has 2 N–H and O–H groups in total. The number of nitrogens with zero attached hydrogens (tertiary/aromatic N) is 1. The highest BCUT2D eigenvalue weighted by Crippen LogP contribution is 2.38. The molecule has 0 atom stereocenters. The summed E-state index contributed by atoms with van der Waals surface area (Å²) in [5.74, 6) is -0.101. The first-order valence-corrected chi connectivity index (χ1v) is 8.88. The van der Waals surface area contributed by atoms with Gasteiger partial charge in [0.05, 0.1) is 7.11 Å². The number of benzene rings is 2. The maximum absolute atomic E-state index is 14.2. The molecular formula is C23H15F2N3O2. The number of aromatic amines is 1. The molecule has 7 heteroatoms. The number of aromatic nitrogens is 2. The van der Waals surface area contributed by atoms with Gasteiger partial charge in [-0.1, -0.05) is 12.1 Å². The lowest BCUT2D eigenvalue weighted by Gasteiger charge is -2.10. The predicted molar refractivity (Wildman–Crippen MR) is 111 cm³/mol. The van der Waals surface area contributed by atoms with Crippen LogP contribution in [0.3, 0.4) is 0 Å². The molecule has 0 spiro atoms. The molecule has 0 fully saturated rings. The lowest BCUT2D eigenvalue weighted by Crippen LogP contribution is -2.07. The van der Waals surface area contributed by atoms with Crippen LogP contribution in [0, 0.1) is 24.0 Å². The summed E-state index contributed by atoms with van der Waals surface area (Å²) in [5.41, 5.74) is 3.44. The number of carbonyl (C=O) groups excluding carboxylic acids is 1. The van der Waals surface area contributed by atoms with Crippen LogP contribution in [-0.4, -0.2) is 23.0 Å². The highest BCUT2D eigenvalue weighted by atomic mass is 19.1. The van der Waals surface area contributed by atoms with E-state index in [1.165, 1.54) is 13.2 Å². The van der Waals surface area contributed by atoms with E-state index in [9.17, 15) is 13.6 Å². The van der Waals surface area contributed by atoms with Crippen LogP contribution in [0.2, 0.25) is 0 Å². The van der Waals surface area contributed by atoms with Gasteiger partial charge in [-0.2, -0.15) is 0 Å². The van der Waals surface area contributed by atoms with Gasteiger partial charge < -0.3 is 15.0 Å². The number of hydrogen-bond donors (Lipinski definition) is 2. The molecule has 0 saturated carbocycles. The Morgan fingerprint density at radius 3 is 2.77 bits per heavy atom. The van der Waals surface area contributed by atoms with Crippen molar-refractivity contribution in [3.05, 3.63) is 66.5 Å². The smallest absolute Gasteiger partial charge is 0.300 e. The number of rotatable bonds is 4. The number of nitrogens with one attached hydrogen (secondary N) is 2. The van der Waals surface area contributed by atoms with Crippen LogP contribution in [0.1, 0.15) is 0 Å². The summed E-state index contributed by atoms with van der Waals surface area (Å²) in [6.07, 6.45) is 8.38. The summed E-state index contributed by atoms with van der Waals surface area (Å²) in [6.45, 7) is 0. The Hall–Kier alpha value is -4.18. The average Bonchev–Trinajstić information content (AvgIpc) is 3.16. The minimum absolute atomic E-state index is 0.0540. The van der Waals surface area contributed by atoms with Crippen LogP contribution in [0.25, 0.3) is 33.3 Å². The van der Waals surface area contributed by atoms with Gasteiger partial charge in [0.25, 0.3) is 5.91 Å². The van der Waals surface area contributed by atoms with E-state index in [1.54, 1.807) is 30.6 Å². The van der Waals surface area contributed by atoms with E-state index in [0.29, 0.717) is 22.3 Å². The lowest BCUT2D eigenvalue weighted by molar-refractivity contribution is -0.111. The number of amides is 1. The minimum atomic E-state index is -0.789. The lowest BCUT2D eigenvalue weighted by atomic mass is 10.0. The predicted octanol–water partition coefficient (Wildman–Crippen LogP) is 4.76. The molecule has 0 aliphatic heterocycles. The van der Waals surface area contributed by atoms with E-state index < -0.39 is 17.5 Å². The van der Waals surface area contributed by atoms with Gasteiger partial charge in [-0.15, -0.1) is 6.42 Å². The van der Waals surface area contributed by atoms with E-state index in [2.05, 4.69) is 15.3 Å².